The highest BCUT2D eigenvalue weighted by atomic mass is 16.6. The molecule has 14 atom stereocenters. The summed E-state index contributed by atoms with van der Waals surface area (Å²) in [5.41, 5.74) is 8.66. The second-order valence-electron chi connectivity index (χ2n) is 25.2. The number of carbonyl (C=O) groups is 2. The summed E-state index contributed by atoms with van der Waals surface area (Å²) < 4.78 is 14.3. The van der Waals surface area contributed by atoms with Crippen molar-refractivity contribution < 1.29 is 29.3 Å². The van der Waals surface area contributed by atoms with Crippen molar-refractivity contribution in [2.45, 2.75) is 187 Å². The van der Waals surface area contributed by atoms with Crippen molar-refractivity contribution >= 4 is 22.6 Å². The Morgan fingerprint density at radius 3 is 2.40 bits per heavy atom. The molecule has 8 heteroatoms. The maximum Gasteiger partial charge on any atom is 0.160 e. The molecule has 0 radical (unpaired) electrons. The van der Waals surface area contributed by atoms with Crippen LogP contribution in [0.1, 0.15) is 178 Å². The molecule has 1 aromatic carbocycles. The number of ketones is 2. The average Bonchev–Trinajstić information content (AvgIpc) is 3.85. The largest absolute Gasteiger partial charge is 0.392 e. The third-order valence-corrected chi connectivity index (χ3v) is 21.6. The van der Waals surface area contributed by atoms with Gasteiger partial charge in [0.1, 0.15) is 11.9 Å². The average molecular weight is 909 g/mol. The lowest BCUT2D eigenvalue weighted by Gasteiger charge is -2.71. The van der Waals surface area contributed by atoms with Crippen molar-refractivity contribution in [1.82, 2.24) is 9.55 Å². The Bertz CT molecular complexity index is 2640. The van der Waals surface area contributed by atoms with Gasteiger partial charge in [-0.15, -0.1) is 0 Å². The molecule has 3 aromatic rings. The lowest BCUT2D eigenvalue weighted by Crippen LogP contribution is -2.70. The van der Waals surface area contributed by atoms with E-state index in [1.165, 1.54) is 40.8 Å². The molecule has 2 bridgehead atoms. The van der Waals surface area contributed by atoms with E-state index in [0.717, 1.165) is 86.8 Å². The molecule has 358 valence electrons. The van der Waals surface area contributed by atoms with E-state index in [0.29, 0.717) is 43.4 Å². The SMILES string of the molecule is Cc1cc(C2CCOCC2)cc(C2CCC3C#CC4CC(=O)C(C)(C5CCCC5)C5CCC6(C)C(C(O)C(Cn7c3c2c2[nH]ccc27)C2=C(C(C)CC(O)C3OC3(C)C)C(=O)CC26C)C45C)c1. The van der Waals surface area contributed by atoms with Crippen LogP contribution in [0.2, 0.25) is 0 Å². The van der Waals surface area contributed by atoms with Crippen LogP contribution >= 0.6 is 0 Å². The molecular weight excluding hydrogens is 833 g/mol. The van der Waals surface area contributed by atoms with Crippen LogP contribution in [-0.4, -0.2) is 68.5 Å². The molecule has 4 saturated carbocycles. The van der Waals surface area contributed by atoms with E-state index in [-0.39, 0.29) is 58.9 Å². The fourth-order valence-corrected chi connectivity index (χ4v) is 18.2. The highest BCUT2D eigenvalue weighted by Crippen LogP contribution is 2.77. The number of Topliss-reactive ketones (excluding diaryl/α,β-unsaturated/α-hetero) is 2. The van der Waals surface area contributed by atoms with Gasteiger partial charge in [0.15, 0.2) is 5.78 Å². The molecule has 5 heterocycles. The molecule has 67 heavy (non-hydrogen) atoms. The summed E-state index contributed by atoms with van der Waals surface area (Å²) in [7, 11) is 0. The smallest absolute Gasteiger partial charge is 0.160 e. The van der Waals surface area contributed by atoms with Gasteiger partial charge >= 0.3 is 0 Å². The van der Waals surface area contributed by atoms with Crippen LogP contribution in [0.3, 0.4) is 0 Å². The van der Waals surface area contributed by atoms with Crippen LogP contribution in [0, 0.1) is 75.9 Å². The molecule has 3 N–H and O–H groups in total. The Labute approximate surface area is 398 Å². The maximum atomic E-state index is 15.2. The topological polar surface area (TPSA) is 117 Å². The summed E-state index contributed by atoms with van der Waals surface area (Å²) in [6.45, 7) is 20.2. The molecular formula is C59H76N2O6. The summed E-state index contributed by atoms with van der Waals surface area (Å²) in [5.74, 6) is 8.72. The van der Waals surface area contributed by atoms with Gasteiger partial charge < -0.3 is 29.2 Å². The third kappa shape index (κ3) is 6.18. The minimum absolute atomic E-state index is 0.0433. The number of aryl methyl sites for hydroxylation is 1. The number of aromatic nitrogens is 2. The molecule has 0 amide bonds. The lowest BCUT2D eigenvalue weighted by molar-refractivity contribution is -0.236. The quantitative estimate of drug-likeness (QED) is 0.161. The van der Waals surface area contributed by atoms with Crippen molar-refractivity contribution in [3.63, 3.8) is 0 Å². The maximum absolute atomic E-state index is 15.2. The number of carbonyl (C=O) groups excluding carboxylic acids is 2. The zero-order chi connectivity index (χ0) is 46.7. The second-order valence-corrected chi connectivity index (χ2v) is 25.2. The van der Waals surface area contributed by atoms with Gasteiger partial charge in [-0.05, 0) is 147 Å². The Morgan fingerprint density at radius 2 is 1.67 bits per heavy atom. The zero-order valence-corrected chi connectivity index (χ0v) is 41.6. The molecule has 3 aliphatic heterocycles. The zero-order valence-electron chi connectivity index (χ0n) is 41.6. The van der Waals surface area contributed by atoms with Gasteiger partial charge in [-0.3, -0.25) is 9.59 Å². The first kappa shape index (κ1) is 44.7. The van der Waals surface area contributed by atoms with Crippen LogP contribution in [0.5, 0.6) is 0 Å². The Kier molecular flexibility index (Phi) is 10.2. The van der Waals surface area contributed by atoms with Gasteiger partial charge in [-0.1, -0.05) is 83.1 Å². The van der Waals surface area contributed by atoms with Gasteiger partial charge in [0.2, 0.25) is 0 Å². The molecule has 9 aliphatic rings. The van der Waals surface area contributed by atoms with Crippen molar-refractivity contribution in [2.24, 2.45) is 57.2 Å². The number of hydrogen-bond donors (Lipinski definition) is 3. The van der Waals surface area contributed by atoms with Crippen molar-refractivity contribution in [1.29, 1.82) is 0 Å². The van der Waals surface area contributed by atoms with E-state index in [4.69, 9.17) is 9.47 Å². The fraction of sp³-hybridized carbons (Fsp3) is 0.695. The number of benzene rings is 1. The van der Waals surface area contributed by atoms with E-state index in [9.17, 15) is 10.2 Å². The van der Waals surface area contributed by atoms with Gasteiger partial charge in [0.25, 0.3) is 0 Å². The van der Waals surface area contributed by atoms with E-state index < -0.39 is 33.9 Å². The summed E-state index contributed by atoms with van der Waals surface area (Å²) in [5, 5.41) is 25.7. The van der Waals surface area contributed by atoms with E-state index in [2.05, 4.69) is 93.4 Å². The Morgan fingerprint density at radius 1 is 0.940 bits per heavy atom. The van der Waals surface area contributed by atoms with Crippen LogP contribution in [0.25, 0.3) is 11.0 Å². The molecule has 8 nitrogen and oxygen atoms in total. The number of allylic oxidation sites excluding steroid dienone is 1. The minimum Gasteiger partial charge on any atom is -0.392 e. The first-order valence-electron chi connectivity index (χ1n) is 26.7. The Balaban J connectivity index is 1.07. The van der Waals surface area contributed by atoms with Crippen molar-refractivity contribution in [2.75, 3.05) is 13.2 Å². The second kappa shape index (κ2) is 15.3. The van der Waals surface area contributed by atoms with Crippen LogP contribution < -0.4 is 0 Å². The predicted octanol–water partition coefficient (Wildman–Crippen LogP) is 10.9. The molecule has 2 saturated heterocycles. The van der Waals surface area contributed by atoms with Crippen molar-refractivity contribution in [3.8, 4) is 11.8 Å². The summed E-state index contributed by atoms with van der Waals surface area (Å²) in [6.07, 6.45) is 11.9. The van der Waals surface area contributed by atoms with Crippen LogP contribution in [0.4, 0.5) is 0 Å². The lowest BCUT2D eigenvalue weighted by atomic mass is 9.32. The van der Waals surface area contributed by atoms with Crippen LogP contribution in [-0.2, 0) is 25.6 Å². The standard InChI is InChI=1S/C59H76N2O6/c1-32-25-36(34-19-23-66-24-20-34)28-37(26-32)40-16-14-35-13-15-39-29-46(64)58(7,38-11-9-10-12-38)45-17-21-56(5)53(59(39,45)8)52(65)41(31-61-42-18-22-60-50(42)48(40)51(35)61)49-47(44(63)30-57(49,56)6)33(2)27-43(62)54-55(3,4)67-54/h18,22,25-26,28,33-35,38-41,43,45,52-54,60,62,65H,9-12,14,16-17,19-21,23-24,27,29-31H2,1-8H3. The van der Waals surface area contributed by atoms with E-state index in [1.54, 1.807) is 0 Å². The predicted molar refractivity (Wildman–Crippen MR) is 260 cm³/mol. The molecule has 0 spiro atoms. The summed E-state index contributed by atoms with van der Waals surface area (Å²) >= 11 is 0. The van der Waals surface area contributed by atoms with Gasteiger partial charge in [0.05, 0.1) is 34.8 Å². The van der Waals surface area contributed by atoms with E-state index >= 15 is 9.59 Å². The molecule has 6 aliphatic carbocycles. The molecule has 6 fully saturated rings. The minimum atomic E-state index is -0.767. The molecule has 2 aromatic heterocycles. The van der Waals surface area contributed by atoms with Gasteiger partial charge in [-0.25, -0.2) is 0 Å². The Hall–Kier alpha value is -3.48. The first-order chi connectivity index (χ1) is 31.9. The van der Waals surface area contributed by atoms with Crippen molar-refractivity contribution in [3.05, 3.63) is 69.6 Å². The summed E-state index contributed by atoms with van der Waals surface area (Å²) in [6, 6.07) is 9.52. The monoisotopic (exact) mass is 909 g/mol. The number of aliphatic hydroxyl groups excluding tert-OH is 2. The number of H-pyrrole nitrogens is 1. The molecule has 14 unspecified atom stereocenters. The normalized spacial score (nSPS) is 41.0. The number of fused-ring (bicyclic) bond motifs is 7. The number of aliphatic hydroxyl groups is 2. The van der Waals surface area contributed by atoms with Crippen LogP contribution in [0.15, 0.2) is 41.6 Å². The van der Waals surface area contributed by atoms with Gasteiger partial charge in [0, 0.05) is 78.6 Å². The van der Waals surface area contributed by atoms with E-state index in [1.807, 2.05) is 13.8 Å². The fourth-order valence-electron chi connectivity index (χ4n) is 18.2. The number of nitrogens with one attached hydrogen (secondary N) is 1. The number of epoxide rings is 1. The highest BCUT2D eigenvalue weighted by molar-refractivity contribution is 6.01. The number of rotatable bonds is 7. The number of nitrogens with zero attached hydrogens (tertiary/aromatic N) is 1. The third-order valence-electron chi connectivity index (χ3n) is 21.6. The number of hydrogen-bond acceptors (Lipinski definition) is 6. The summed E-state index contributed by atoms with van der Waals surface area (Å²) in [4.78, 5) is 34.1. The number of ether oxygens (including phenoxy) is 2. The highest BCUT2D eigenvalue weighted by Gasteiger charge is 2.75. The molecule has 12 rings (SSSR count). The first-order valence-corrected chi connectivity index (χ1v) is 26.7. The van der Waals surface area contributed by atoms with Gasteiger partial charge in [-0.2, -0.15) is 0 Å². The number of aromatic amines is 1.